The predicted octanol–water partition coefficient (Wildman–Crippen LogP) is 3.47. The van der Waals surface area contributed by atoms with Gasteiger partial charge in [0.25, 0.3) is 0 Å². The molecule has 21 heavy (non-hydrogen) atoms. The van der Waals surface area contributed by atoms with E-state index in [0.717, 1.165) is 12.3 Å². The molecule has 1 unspecified atom stereocenters. The summed E-state index contributed by atoms with van der Waals surface area (Å²) in [5, 5.41) is 3.46. The van der Waals surface area contributed by atoms with Gasteiger partial charge in [-0.3, -0.25) is 0 Å². The van der Waals surface area contributed by atoms with E-state index in [1.165, 1.54) is 37.9 Å². The minimum absolute atomic E-state index is 0.362. The summed E-state index contributed by atoms with van der Waals surface area (Å²) >= 11 is 0. The smallest absolute Gasteiger partial charge is 0.119 e. The van der Waals surface area contributed by atoms with Crippen molar-refractivity contribution in [3.05, 3.63) is 29.8 Å². The van der Waals surface area contributed by atoms with Gasteiger partial charge in [0.15, 0.2) is 0 Å². The SMILES string of the molecule is CNC(CN1CCCC(C)(C)CC1)c1cccc(OC)c1. The molecule has 1 heterocycles. The summed E-state index contributed by atoms with van der Waals surface area (Å²) in [6, 6.07) is 8.77. The van der Waals surface area contributed by atoms with E-state index >= 15 is 0 Å². The second kappa shape index (κ2) is 7.28. The van der Waals surface area contributed by atoms with Crippen LogP contribution in [0.25, 0.3) is 0 Å². The fourth-order valence-corrected chi connectivity index (χ4v) is 3.14. The second-order valence-electron chi connectivity index (χ2n) is 6.94. The summed E-state index contributed by atoms with van der Waals surface area (Å²) in [7, 11) is 3.77. The first kappa shape index (κ1) is 16.3. The molecule has 1 N–H and O–H groups in total. The van der Waals surface area contributed by atoms with Gasteiger partial charge >= 0.3 is 0 Å². The summed E-state index contributed by atoms with van der Waals surface area (Å²) < 4.78 is 5.35. The van der Waals surface area contributed by atoms with E-state index in [2.05, 4.69) is 42.3 Å². The summed E-state index contributed by atoms with van der Waals surface area (Å²) in [6.45, 7) is 8.28. The summed E-state index contributed by atoms with van der Waals surface area (Å²) in [4.78, 5) is 2.61. The fraction of sp³-hybridized carbons (Fsp3) is 0.667. The molecule has 0 aromatic heterocycles. The number of rotatable bonds is 5. The van der Waals surface area contributed by atoms with Crippen LogP contribution in [0.4, 0.5) is 0 Å². The van der Waals surface area contributed by atoms with Crippen molar-refractivity contribution in [3.63, 3.8) is 0 Å². The standard InChI is InChI=1S/C18H30N2O/c1-18(2)9-6-11-20(12-10-18)14-17(19-3)15-7-5-8-16(13-15)21-4/h5,7-8,13,17,19H,6,9-12,14H2,1-4H3. The molecule has 3 heteroatoms. The van der Waals surface area contributed by atoms with Gasteiger partial charge in [0.2, 0.25) is 0 Å². The molecule has 1 aliphatic heterocycles. The minimum atomic E-state index is 0.362. The Labute approximate surface area is 129 Å². The molecule has 0 saturated carbocycles. The van der Waals surface area contributed by atoms with Crippen molar-refractivity contribution in [2.75, 3.05) is 33.8 Å². The van der Waals surface area contributed by atoms with Crippen molar-refractivity contribution in [3.8, 4) is 5.75 Å². The second-order valence-corrected chi connectivity index (χ2v) is 6.94. The Morgan fingerprint density at radius 1 is 1.29 bits per heavy atom. The van der Waals surface area contributed by atoms with Gasteiger partial charge in [0.1, 0.15) is 5.75 Å². The highest BCUT2D eigenvalue weighted by Gasteiger charge is 2.24. The van der Waals surface area contributed by atoms with Gasteiger partial charge in [-0.1, -0.05) is 26.0 Å². The van der Waals surface area contributed by atoms with E-state index in [-0.39, 0.29) is 0 Å². The number of benzene rings is 1. The molecule has 118 valence electrons. The molecule has 0 aliphatic carbocycles. The van der Waals surface area contributed by atoms with Crippen molar-refractivity contribution in [1.82, 2.24) is 10.2 Å². The number of ether oxygens (including phenoxy) is 1. The Morgan fingerprint density at radius 2 is 2.10 bits per heavy atom. The van der Waals surface area contributed by atoms with Crippen molar-refractivity contribution in [1.29, 1.82) is 0 Å². The third-order valence-corrected chi connectivity index (χ3v) is 4.72. The quantitative estimate of drug-likeness (QED) is 0.898. The number of hydrogen-bond acceptors (Lipinski definition) is 3. The summed E-state index contributed by atoms with van der Waals surface area (Å²) in [5.74, 6) is 0.935. The fourth-order valence-electron chi connectivity index (χ4n) is 3.14. The van der Waals surface area contributed by atoms with Crippen molar-refractivity contribution >= 4 is 0 Å². The van der Waals surface area contributed by atoms with Gasteiger partial charge in [-0.05, 0) is 62.5 Å². The molecule has 3 nitrogen and oxygen atoms in total. The van der Waals surface area contributed by atoms with Crippen LogP contribution in [0.1, 0.15) is 44.7 Å². The van der Waals surface area contributed by atoms with E-state index in [0.29, 0.717) is 11.5 Å². The van der Waals surface area contributed by atoms with Crippen LogP contribution < -0.4 is 10.1 Å². The van der Waals surface area contributed by atoms with Crippen LogP contribution in [0.3, 0.4) is 0 Å². The van der Waals surface area contributed by atoms with Gasteiger partial charge in [0, 0.05) is 12.6 Å². The predicted molar refractivity (Wildman–Crippen MR) is 88.9 cm³/mol. The lowest BCUT2D eigenvalue weighted by Crippen LogP contribution is -2.34. The van der Waals surface area contributed by atoms with Crippen molar-refractivity contribution in [2.24, 2.45) is 5.41 Å². The van der Waals surface area contributed by atoms with Gasteiger partial charge in [0.05, 0.1) is 7.11 Å². The van der Waals surface area contributed by atoms with Crippen molar-refractivity contribution < 1.29 is 4.74 Å². The topological polar surface area (TPSA) is 24.5 Å². The molecule has 0 bridgehead atoms. The van der Waals surface area contributed by atoms with Gasteiger partial charge in [-0.15, -0.1) is 0 Å². The number of likely N-dealkylation sites (N-methyl/N-ethyl adjacent to an activating group) is 1. The largest absolute Gasteiger partial charge is 0.497 e. The third kappa shape index (κ3) is 4.72. The lowest BCUT2D eigenvalue weighted by atomic mass is 9.85. The first-order valence-corrected chi connectivity index (χ1v) is 8.08. The van der Waals surface area contributed by atoms with Crippen LogP contribution in [0, 0.1) is 5.41 Å². The average molecular weight is 290 g/mol. The van der Waals surface area contributed by atoms with Gasteiger partial charge < -0.3 is 15.0 Å². The zero-order chi connectivity index (χ0) is 15.3. The molecular weight excluding hydrogens is 260 g/mol. The van der Waals surface area contributed by atoms with E-state index in [1.54, 1.807) is 7.11 Å². The Hall–Kier alpha value is -1.06. The molecule has 1 atom stereocenters. The highest BCUT2D eigenvalue weighted by molar-refractivity contribution is 5.30. The molecule has 0 radical (unpaired) electrons. The van der Waals surface area contributed by atoms with Crippen LogP contribution in [0.15, 0.2) is 24.3 Å². The Bertz CT molecular complexity index is 445. The maximum absolute atomic E-state index is 5.35. The average Bonchev–Trinajstić information content (AvgIpc) is 2.65. The van der Waals surface area contributed by atoms with E-state index in [1.807, 2.05) is 13.1 Å². The van der Waals surface area contributed by atoms with Crippen LogP contribution in [0.5, 0.6) is 5.75 Å². The summed E-state index contributed by atoms with van der Waals surface area (Å²) in [5.41, 5.74) is 1.81. The van der Waals surface area contributed by atoms with Crippen LogP contribution in [0.2, 0.25) is 0 Å². The molecule has 1 fully saturated rings. The highest BCUT2D eigenvalue weighted by atomic mass is 16.5. The Morgan fingerprint density at radius 3 is 2.81 bits per heavy atom. The van der Waals surface area contributed by atoms with Gasteiger partial charge in [-0.2, -0.15) is 0 Å². The summed E-state index contributed by atoms with van der Waals surface area (Å²) in [6.07, 6.45) is 3.94. The third-order valence-electron chi connectivity index (χ3n) is 4.72. The van der Waals surface area contributed by atoms with Crippen LogP contribution >= 0.6 is 0 Å². The lowest BCUT2D eigenvalue weighted by Gasteiger charge is -2.27. The number of nitrogens with one attached hydrogen (secondary N) is 1. The maximum atomic E-state index is 5.35. The number of likely N-dealkylation sites (tertiary alicyclic amines) is 1. The molecule has 1 aromatic carbocycles. The number of hydrogen-bond donors (Lipinski definition) is 1. The van der Waals surface area contributed by atoms with Crippen molar-refractivity contribution in [2.45, 2.75) is 39.2 Å². The molecule has 2 rings (SSSR count). The molecule has 0 amide bonds. The van der Waals surface area contributed by atoms with E-state index in [4.69, 9.17) is 4.74 Å². The lowest BCUT2D eigenvalue weighted by molar-refractivity contribution is 0.240. The molecule has 0 spiro atoms. The molecule has 1 saturated heterocycles. The minimum Gasteiger partial charge on any atom is -0.497 e. The van der Waals surface area contributed by atoms with Gasteiger partial charge in [-0.25, -0.2) is 0 Å². The molecule has 1 aliphatic rings. The normalized spacial score (nSPS) is 20.8. The highest BCUT2D eigenvalue weighted by Crippen LogP contribution is 2.30. The zero-order valence-corrected chi connectivity index (χ0v) is 14.0. The monoisotopic (exact) mass is 290 g/mol. The zero-order valence-electron chi connectivity index (χ0n) is 14.0. The maximum Gasteiger partial charge on any atom is 0.119 e. The molecule has 1 aromatic rings. The number of methoxy groups -OCH3 is 1. The first-order chi connectivity index (χ1) is 10.0. The van der Waals surface area contributed by atoms with E-state index in [9.17, 15) is 0 Å². The Kier molecular flexibility index (Phi) is 5.65. The van der Waals surface area contributed by atoms with E-state index < -0.39 is 0 Å². The van der Waals surface area contributed by atoms with Crippen LogP contribution in [-0.2, 0) is 0 Å². The Balaban J connectivity index is 2.01. The number of nitrogens with zero attached hydrogens (tertiary/aromatic N) is 1. The first-order valence-electron chi connectivity index (χ1n) is 8.08. The molecular formula is C18H30N2O. The van der Waals surface area contributed by atoms with Crippen LogP contribution in [-0.4, -0.2) is 38.7 Å².